The van der Waals surface area contributed by atoms with Gasteiger partial charge in [0, 0.05) is 27.2 Å². The zero-order valence-electron chi connectivity index (χ0n) is 27.0. The molecule has 0 spiro atoms. The van der Waals surface area contributed by atoms with Gasteiger partial charge >= 0.3 is 0 Å². The number of nitrogens with zero attached hydrogens (tertiary/aromatic N) is 3. The van der Waals surface area contributed by atoms with Crippen LogP contribution in [-0.4, -0.2) is 27.3 Å². The van der Waals surface area contributed by atoms with Crippen LogP contribution in [0, 0.1) is 13.8 Å². The van der Waals surface area contributed by atoms with Crippen molar-refractivity contribution in [1.29, 1.82) is 0 Å². The number of nitrogens with one attached hydrogen (secondary N) is 2. The maximum absolute atomic E-state index is 14.2. The second-order valence-corrected chi connectivity index (χ2v) is 13.2. The number of hydrogen-bond donors (Lipinski definition) is 2. The van der Waals surface area contributed by atoms with Gasteiger partial charge in [-0.15, -0.1) is 5.10 Å². The molecule has 1 amide bonds. The normalized spacial score (nSPS) is 13.9. The summed E-state index contributed by atoms with van der Waals surface area (Å²) < 4.78 is 14.0. The maximum Gasteiger partial charge on any atom is 0.255 e. The zero-order chi connectivity index (χ0) is 33.8. The summed E-state index contributed by atoms with van der Waals surface area (Å²) in [6, 6.07) is 26.2. The van der Waals surface area contributed by atoms with Crippen molar-refractivity contribution >= 4 is 52.5 Å². The summed E-state index contributed by atoms with van der Waals surface area (Å²) in [4.78, 5) is 19.0. The van der Waals surface area contributed by atoms with Crippen LogP contribution < -0.4 is 20.1 Å². The molecular formula is C37H35Cl2N5O3S. The van der Waals surface area contributed by atoms with Crippen molar-refractivity contribution in [3.8, 4) is 11.5 Å². The number of aromatic nitrogens is 3. The molecule has 6 rings (SSSR count). The fourth-order valence-electron chi connectivity index (χ4n) is 5.45. The Balaban J connectivity index is 1.37. The maximum atomic E-state index is 14.2. The van der Waals surface area contributed by atoms with E-state index in [9.17, 15) is 4.79 Å². The number of fused-ring (bicyclic) bond motifs is 1. The fourth-order valence-corrected chi connectivity index (χ4v) is 6.69. The van der Waals surface area contributed by atoms with Gasteiger partial charge in [-0.05, 0) is 91.9 Å². The third-order valence-electron chi connectivity index (χ3n) is 8.14. The van der Waals surface area contributed by atoms with E-state index in [1.54, 1.807) is 4.68 Å². The number of carbonyl (C=O) groups excluding carboxylic acids is 1. The predicted octanol–water partition coefficient (Wildman–Crippen LogP) is 9.40. The van der Waals surface area contributed by atoms with E-state index in [4.69, 9.17) is 42.8 Å². The molecule has 246 valence electrons. The highest BCUT2D eigenvalue weighted by atomic mass is 35.5. The lowest BCUT2D eigenvalue weighted by Gasteiger charge is -2.29. The average Bonchev–Trinajstić information content (AvgIpc) is 3.48. The van der Waals surface area contributed by atoms with E-state index in [1.165, 1.54) is 11.8 Å². The van der Waals surface area contributed by atoms with Crippen LogP contribution >= 0.6 is 35.0 Å². The number of allylic oxidation sites excluding steroid dienone is 1. The molecule has 0 fully saturated rings. The monoisotopic (exact) mass is 699 g/mol. The van der Waals surface area contributed by atoms with Crippen LogP contribution in [0.15, 0.2) is 101 Å². The van der Waals surface area contributed by atoms with E-state index in [1.807, 2.05) is 113 Å². The Morgan fingerprint density at radius 3 is 2.52 bits per heavy atom. The number of halogens is 2. The predicted molar refractivity (Wildman–Crippen MR) is 193 cm³/mol. The van der Waals surface area contributed by atoms with Crippen LogP contribution in [0.1, 0.15) is 47.7 Å². The second-order valence-electron chi connectivity index (χ2n) is 11.4. The highest BCUT2D eigenvalue weighted by molar-refractivity contribution is 7.98. The molecule has 5 aromatic rings. The van der Waals surface area contributed by atoms with E-state index >= 15 is 0 Å². The third kappa shape index (κ3) is 7.33. The summed E-state index contributed by atoms with van der Waals surface area (Å²) in [5, 5.41) is 13.3. The summed E-state index contributed by atoms with van der Waals surface area (Å²) in [6.45, 7) is 8.59. The standard InChI is InChI=1S/C37H35Cl2N5O3S/c1-5-46-32-19-26(15-18-31(32)47-20-25-13-16-28(38)17-14-25)34-33(35(45)41-30-12-8-9-22(2)23(30)3)24(4)40-36-42-37(43-44(34)36)48-21-27-10-6-7-11-29(27)39/h6-19,34H,5,20-21H2,1-4H3,(H,41,45)(H,40,42,43). The molecule has 1 unspecified atom stereocenters. The molecule has 11 heteroatoms. The van der Waals surface area contributed by atoms with E-state index in [2.05, 4.69) is 10.6 Å². The number of aryl methyl sites for hydroxylation is 1. The first-order valence-corrected chi connectivity index (χ1v) is 17.3. The van der Waals surface area contributed by atoms with E-state index in [0.717, 1.165) is 33.5 Å². The first-order chi connectivity index (χ1) is 23.2. The van der Waals surface area contributed by atoms with E-state index in [0.29, 0.717) is 62.9 Å². The van der Waals surface area contributed by atoms with Crippen molar-refractivity contribution in [2.24, 2.45) is 0 Å². The number of amides is 1. The number of benzene rings is 4. The van der Waals surface area contributed by atoms with Crippen LogP contribution in [0.5, 0.6) is 11.5 Å². The van der Waals surface area contributed by atoms with Crippen LogP contribution in [0.2, 0.25) is 10.0 Å². The molecular weight excluding hydrogens is 665 g/mol. The van der Waals surface area contributed by atoms with E-state index in [-0.39, 0.29) is 5.91 Å². The Morgan fingerprint density at radius 1 is 0.958 bits per heavy atom. The van der Waals surface area contributed by atoms with Crippen molar-refractivity contribution in [1.82, 2.24) is 14.8 Å². The van der Waals surface area contributed by atoms with Crippen molar-refractivity contribution in [3.63, 3.8) is 0 Å². The minimum Gasteiger partial charge on any atom is -0.490 e. The highest BCUT2D eigenvalue weighted by Crippen LogP contribution is 2.40. The van der Waals surface area contributed by atoms with Gasteiger partial charge in [-0.2, -0.15) is 4.98 Å². The van der Waals surface area contributed by atoms with E-state index < -0.39 is 6.04 Å². The molecule has 48 heavy (non-hydrogen) atoms. The molecule has 0 saturated heterocycles. The number of thioether (sulfide) groups is 1. The Bertz CT molecular complexity index is 1990. The minimum absolute atomic E-state index is 0.244. The lowest BCUT2D eigenvalue weighted by molar-refractivity contribution is -0.113. The average molecular weight is 701 g/mol. The molecule has 2 heterocycles. The molecule has 0 radical (unpaired) electrons. The lowest BCUT2D eigenvalue weighted by atomic mass is 9.94. The molecule has 1 atom stereocenters. The Kier molecular flexibility index (Phi) is 10.3. The SMILES string of the molecule is CCOc1cc(C2C(C(=O)Nc3cccc(C)c3C)=C(C)Nc3nc(SCc4ccccc4Cl)nn32)ccc1OCc1ccc(Cl)cc1. The first kappa shape index (κ1) is 33.5. The van der Waals surface area contributed by atoms with Gasteiger partial charge in [0.1, 0.15) is 12.6 Å². The lowest BCUT2D eigenvalue weighted by Crippen LogP contribution is -2.31. The third-order valence-corrected chi connectivity index (χ3v) is 9.64. The van der Waals surface area contributed by atoms with Gasteiger partial charge < -0.3 is 20.1 Å². The van der Waals surface area contributed by atoms with Crippen LogP contribution in [0.4, 0.5) is 11.6 Å². The summed E-state index contributed by atoms with van der Waals surface area (Å²) in [5.74, 6) is 2.02. The molecule has 1 aliphatic heterocycles. The van der Waals surface area contributed by atoms with Crippen molar-refractivity contribution in [3.05, 3.63) is 134 Å². The van der Waals surface area contributed by atoms with Crippen LogP contribution in [0.3, 0.4) is 0 Å². The molecule has 0 bridgehead atoms. The van der Waals surface area contributed by atoms with Gasteiger partial charge in [0.15, 0.2) is 11.5 Å². The number of anilines is 2. The first-order valence-electron chi connectivity index (χ1n) is 15.5. The number of rotatable bonds is 11. The van der Waals surface area contributed by atoms with Gasteiger partial charge in [-0.1, -0.05) is 83.5 Å². The molecule has 2 N–H and O–H groups in total. The fraction of sp³-hybridized carbons (Fsp3) is 0.216. The quantitative estimate of drug-likeness (QED) is 0.133. The van der Waals surface area contributed by atoms with Gasteiger partial charge in [-0.25, -0.2) is 4.68 Å². The van der Waals surface area contributed by atoms with Gasteiger partial charge in [0.05, 0.1) is 12.2 Å². The molecule has 8 nitrogen and oxygen atoms in total. The zero-order valence-corrected chi connectivity index (χ0v) is 29.3. The molecule has 4 aromatic carbocycles. The largest absolute Gasteiger partial charge is 0.490 e. The molecule has 0 saturated carbocycles. The summed E-state index contributed by atoms with van der Waals surface area (Å²) >= 11 is 14.0. The van der Waals surface area contributed by atoms with Crippen molar-refractivity contribution in [2.45, 2.75) is 51.3 Å². The summed E-state index contributed by atoms with van der Waals surface area (Å²) in [7, 11) is 0. The Hall–Kier alpha value is -4.44. The minimum atomic E-state index is -0.613. The number of ether oxygens (including phenoxy) is 2. The van der Waals surface area contributed by atoms with Gasteiger partial charge in [-0.3, -0.25) is 4.79 Å². The molecule has 1 aliphatic rings. The number of hydrogen-bond acceptors (Lipinski definition) is 7. The Morgan fingerprint density at radius 2 is 1.75 bits per heavy atom. The molecule has 0 aliphatic carbocycles. The van der Waals surface area contributed by atoms with Gasteiger partial charge in [0.25, 0.3) is 5.91 Å². The summed E-state index contributed by atoms with van der Waals surface area (Å²) in [6.07, 6.45) is 0. The Labute approximate surface area is 294 Å². The summed E-state index contributed by atoms with van der Waals surface area (Å²) in [5.41, 5.74) is 6.77. The van der Waals surface area contributed by atoms with Gasteiger partial charge in [0.2, 0.25) is 11.1 Å². The number of carbonyl (C=O) groups is 1. The van der Waals surface area contributed by atoms with Crippen LogP contribution in [-0.2, 0) is 17.2 Å². The smallest absolute Gasteiger partial charge is 0.255 e. The molecule has 1 aromatic heterocycles. The van der Waals surface area contributed by atoms with Crippen molar-refractivity contribution in [2.75, 3.05) is 17.2 Å². The van der Waals surface area contributed by atoms with Crippen molar-refractivity contribution < 1.29 is 14.3 Å². The highest BCUT2D eigenvalue weighted by Gasteiger charge is 2.35. The van der Waals surface area contributed by atoms with Crippen LogP contribution in [0.25, 0.3) is 0 Å². The topological polar surface area (TPSA) is 90.3 Å². The second kappa shape index (κ2) is 14.8.